The Morgan fingerprint density at radius 3 is 2.22 bits per heavy atom. The monoisotopic (exact) mass is 758 g/mol. The van der Waals surface area contributed by atoms with Crippen LogP contribution in [0.2, 0.25) is 5.15 Å². The molecule has 15 heteroatoms. The largest absolute Gasteiger partial charge is 0.444 e. The van der Waals surface area contributed by atoms with Gasteiger partial charge in [-0.1, -0.05) is 60.1 Å². The zero-order chi connectivity index (χ0) is 39.4. The molecule has 14 nitrogen and oxygen atoms in total. The molecule has 0 spiro atoms. The summed E-state index contributed by atoms with van der Waals surface area (Å²) in [6, 6.07) is 18.9. The number of aryl methyl sites for hydroxylation is 2. The number of amides is 3. The maximum atomic E-state index is 13.7. The molecule has 0 aliphatic heterocycles. The van der Waals surface area contributed by atoms with E-state index in [9.17, 15) is 14.4 Å². The molecular weight excluding hydrogens is 708 g/mol. The van der Waals surface area contributed by atoms with Gasteiger partial charge in [0.2, 0.25) is 5.91 Å². The topological polar surface area (TPSA) is 213 Å². The lowest BCUT2D eigenvalue weighted by atomic mass is 9.93. The number of benzene rings is 3. The number of alkyl carbamates (subject to hydrolysis) is 1. The summed E-state index contributed by atoms with van der Waals surface area (Å²) < 4.78 is 5.52. The summed E-state index contributed by atoms with van der Waals surface area (Å²) >= 11 is 5.86. The van der Waals surface area contributed by atoms with Crippen LogP contribution in [0.4, 0.5) is 22.1 Å². The van der Waals surface area contributed by atoms with E-state index in [2.05, 4.69) is 50.2 Å². The van der Waals surface area contributed by atoms with Crippen molar-refractivity contribution in [3.8, 4) is 0 Å². The second-order valence-electron chi connectivity index (χ2n) is 14.3. The summed E-state index contributed by atoms with van der Waals surface area (Å²) in [6.07, 6.45) is 3.80. The lowest BCUT2D eigenvalue weighted by Gasteiger charge is -2.24. The van der Waals surface area contributed by atoms with Crippen molar-refractivity contribution in [3.05, 3.63) is 88.2 Å². The highest BCUT2D eigenvalue weighted by atomic mass is 35.5. The Morgan fingerprint density at radius 1 is 0.889 bits per heavy atom. The van der Waals surface area contributed by atoms with Gasteiger partial charge in [-0.05, 0) is 113 Å². The molecule has 0 fully saturated rings. The molecule has 0 aliphatic carbocycles. The van der Waals surface area contributed by atoms with E-state index in [-0.39, 0.29) is 40.8 Å². The maximum absolute atomic E-state index is 13.7. The molecule has 0 bridgehead atoms. The molecule has 9 N–H and O–H groups in total. The van der Waals surface area contributed by atoms with Gasteiger partial charge in [0.1, 0.15) is 11.6 Å². The van der Waals surface area contributed by atoms with Gasteiger partial charge in [-0.2, -0.15) is 0 Å². The quantitative estimate of drug-likeness (QED) is 0.0473. The third-order valence-electron chi connectivity index (χ3n) is 8.36. The minimum absolute atomic E-state index is 0.0907. The highest BCUT2D eigenvalue weighted by Crippen LogP contribution is 2.26. The Hall–Kier alpha value is -5.47. The Balaban J connectivity index is 1.39. The summed E-state index contributed by atoms with van der Waals surface area (Å²) in [7, 11) is 4.11. The van der Waals surface area contributed by atoms with Crippen molar-refractivity contribution in [1.82, 2.24) is 30.8 Å². The molecule has 4 rings (SSSR count). The SMILES string of the molecule is CN(C)CCCc1ccc(NC(=O)[C@H](Cc2ccc(CCCCNC(=N)NC(=O)c3nc(Cl)c(N)nc3N)c3ccccc23)NC(=O)OC(C)(C)C)cc1. The molecule has 0 radical (unpaired) electrons. The Kier molecular flexibility index (Phi) is 14.6. The van der Waals surface area contributed by atoms with E-state index in [4.69, 9.17) is 33.2 Å². The van der Waals surface area contributed by atoms with Crippen LogP contribution in [0.15, 0.2) is 60.7 Å². The third kappa shape index (κ3) is 12.6. The van der Waals surface area contributed by atoms with Crippen molar-refractivity contribution in [2.24, 2.45) is 0 Å². The highest BCUT2D eigenvalue weighted by Gasteiger charge is 2.26. The number of hydrogen-bond acceptors (Lipinski definition) is 10. The van der Waals surface area contributed by atoms with E-state index < -0.39 is 23.6 Å². The number of rotatable bonds is 15. The predicted octanol–water partition coefficient (Wildman–Crippen LogP) is 5.29. The summed E-state index contributed by atoms with van der Waals surface area (Å²) in [4.78, 5) is 48.9. The molecule has 3 aromatic carbocycles. The van der Waals surface area contributed by atoms with Gasteiger partial charge in [-0.15, -0.1) is 0 Å². The summed E-state index contributed by atoms with van der Waals surface area (Å²) in [5, 5.41) is 21.0. The van der Waals surface area contributed by atoms with Crippen LogP contribution in [0.1, 0.15) is 67.2 Å². The number of hydrogen-bond donors (Lipinski definition) is 7. The van der Waals surface area contributed by atoms with Gasteiger partial charge in [0.05, 0.1) is 0 Å². The number of nitrogens with one attached hydrogen (secondary N) is 5. The average Bonchev–Trinajstić information content (AvgIpc) is 3.09. The van der Waals surface area contributed by atoms with Crippen molar-refractivity contribution in [3.63, 3.8) is 0 Å². The lowest BCUT2D eigenvalue weighted by molar-refractivity contribution is -0.118. The fraction of sp³-hybridized carbons (Fsp3) is 0.385. The number of nitrogens with zero attached hydrogens (tertiary/aromatic N) is 3. The predicted molar refractivity (Wildman–Crippen MR) is 215 cm³/mol. The molecule has 0 saturated carbocycles. The first-order valence-electron chi connectivity index (χ1n) is 17.9. The molecule has 1 heterocycles. The van der Waals surface area contributed by atoms with Crippen molar-refractivity contribution in [2.45, 2.75) is 70.9 Å². The first-order chi connectivity index (χ1) is 25.6. The van der Waals surface area contributed by atoms with Gasteiger partial charge in [-0.25, -0.2) is 14.8 Å². The van der Waals surface area contributed by atoms with Crippen LogP contribution in [0, 0.1) is 5.41 Å². The first kappa shape index (κ1) is 41.3. The number of nitrogens with two attached hydrogens (primary N) is 2. The van der Waals surface area contributed by atoms with Gasteiger partial charge in [0, 0.05) is 18.7 Å². The molecule has 54 heavy (non-hydrogen) atoms. The molecule has 0 unspecified atom stereocenters. The molecule has 4 aromatic rings. The number of unbranched alkanes of at least 4 members (excludes halogenated alkanes) is 1. The van der Waals surface area contributed by atoms with E-state index in [0.29, 0.717) is 18.7 Å². The van der Waals surface area contributed by atoms with Crippen LogP contribution in [-0.2, 0) is 28.8 Å². The van der Waals surface area contributed by atoms with E-state index in [1.54, 1.807) is 20.8 Å². The van der Waals surface area contributed by atoms with E-state index in [0.717, 1.165) is 54.1 Å². The summed E-state index contributed by atoms with van der Waals surface area (Å²) in [6.45, 7) is 6.76. The van der Waals surface area contributed by atoms with E-state index >= 15 is 0 Å². The summed E-state index contributed by atoms with van der Waals surface area (Å²) in [5.41, 5.74) is 14.2. The second-order valence-corrected chi connectivity index (χ2v) is 14.6. The number of fused-ring (bicyclic) bond motifs is 1. The van der Waals surface area contributed by atoms with Gasteiger partial charge in [0.25, 0.3) is 5.91 Å². The van der Waals surface area contributed by atoms with Crippen LogP contribution in [0.3, 0.4) is 0 Å². The molecule has 0 aliphatic rings. The number of aromatic nitrogens is 2. The van der Waals surface area contributed by atoms with Crippen molar-refractivity contribution in [2.75, 3.05) is 44.0 Å². The Labute approximate surface area is 321 Å². The zero-order valence-corrected chi connectivity index (χ0v) is 32.3. The number of anilines is 3. The molecule has 0 saturated heterocycles. The summed E-state index contributed by atoms with van der Waals surface area (Å²) in [5.74, 6) is -1.57. The first-order valence-corrected chi connectivity index (χ1v) is 18.2. The van der Waals surface area contributed by atoms with Crippen LogP contribution in [0.25, 0.3) is 10.8 Å². The van der Waals surface area contributed by atoms with Gasteiger partial charge in [0.15, 0.2) is 28.4 Å². The van der Waals surface area contributed by atoms with Crippen molar-refractivity contribution < 1.29 is 19.1 Å². The van der Waals surface area contributed by atoms with E-state index in [1.165, 1.54) is 5.56 Å². The van der Waals surface area contributed by atoms with Crippen LogP contribution in [0.5, 0.6) is 0 Å². The fourth-order valence-electron chi connectivity index (χ4n) is 5.76. The number of carbonyl (C=O) groups is 3. The third-order valence-corrected chi connectivity index (χ3v) is 8.64. The Bertz CT molecular complexity index is 1950. The smallest absolute Gasteiger partial charge is 0.408 e. The molecule has 1 atom stereocenters. The van der Waals surface area contributed by atoms with Crippen LogP contribution >= 0.6 is 11.6 Å². The van der Waals surface area contributed by atoms with Crippen LogP contribution < -0.4 is 32.7 Å². The maximum Gasteiger partial charge on any atom is 0.408 e. The number of ether oxygens (including phenoxy) is 1. The minimum atomic E-state index is -0.906. The number of halogens is 1. The molecule has 1 aromatic heterocycles. The number of guanidine groups is 1. The van der Waals surface area contributed by atoms with E-state index in [1.807, 2.05) is 60.7 Å². The second kappa shape index (κ2) is 19.0. The van der Waals surface area contributed by atoms with Gasteiger partial charge in [-0.3, -0.25) is 20.3 Å². The highest BCUT2D eigenvalue weighted by molar-refractivity contribution is 6.31. The lowest BCUT2D eigenvalue weighted by Crippen LogP contribution is -2.47. The molecule has 3 amide bonds. The van der Waals surface area contributed by atoms with Crippen molar-refractivity contribution in [1.29, 1.82) is 5.41 Å². The van der Waals surface area contributed by atoms with Crippen molar-refractivity contribution >= 4 is 63.6 Å². The van der Waals surface area contributed by atoms with Gasteiger partial charge < -0.3 is 37.1 Å². The fourth-order valence-corrected chi connectivity index (χ4v) is 5.89. The zero-order valence-electron chi connectivity index (χ0n) is 31.5. The number of nitrogen functional groups attached to an aromatic ring is 2. The Morgan fingerprint density at radius 2 is 1.56 bits per heavy atom. The van der Waals surface area contributed by atoms with Crippen LogP contribution in [-0.4, -0.2) is 77.6 Å². The standard InChI is InChI=1S/C39H51ClN10O4/c1-39(2,3)54-38(53)46-30(35(51)45-27-19-15-24(16-20-27)11-10-22-50(4)5)23-26-18-17-25(28-13-6-7-14-29(26)28)12-8-9-21-44-37(43)49-36(52)31-33(41)48-34(42)32(40)47-31/h6-7,13-20,30H,8-12,21-23H2,1-5H3,(H,45,51)(H,46,53)(H4,41,42,48)(H3,43,44,49,52)/t30-/m0/s1. The van der Waals surface area contributed by atoms with Gasteiger partial charge >= 0.3 is 6.09 Å². The molecule has 288 valence electrons. The normalized spacial score (nSPS) is 11.9. The molecular formula is C39H51ClN10O4. The minimum Gasteiger partial charge on any atom is -0.444 e. The number of carbonyl (C=O) groups excluding carboxylic acids is 3. The average molecular weight is 759 g/mol.